The van der Waals surface area contributed by atoms with Crippen molar-refractivity contribution in [2.75, 3.05) is 19.5 Å². The Morgan fingerprint density at radius 2 is 1.71 bits per heavy atom. The van der Waals surface area contributed by atoms with Gasteiger partial charge in [-0.2, -0.15) is 0 Å². The number of hydrogen-bond acceptors (Lipinski definition) is 4. The highest BCUT2D eigenvalue weighted by molar-refractivity contribution is 5.85. The largest absolute Gasteiger partial charge is 0.493 e. The summed E-state index contributed by atoms with van der Waals surface area (Å²) in [6, 6.07) is 4.13. The number of anilines is 1. The van der Waals surface area contributed by atoms with Gasteiger partial charge in [0.2, 0.25) is 5.91 Å². The van der Waals surface area contributed by atoms with Gasteiger partial charge in [-0.25, -0.2) is 0 Å². The molecule has 5 heteroatoms. The molecular formula is C19H30N2O3. The van der Waals surface area contributed by atoms with E-state index >= 15 is 0 Å². The summed E-state index contributed by atoms with van der Waals surface area (Å²) < 4.78 is 10.7. The van der Waals surface area contributed by atoms with E-state index in [1.165, 1.54) is 6.42 Å². The van der Waals surface area contributed by atoms with Gasteiger partial charge in [-0.1, -0.05) is 0 Å². The Morgan fingerprint density at radius 1 is 1.17 bits per heavy atom. The third-order valence-electron chi connectivity index (χ3n) is 4.92. The maximum Gasteiger partial charge on any atom is 0.245 e. The number of piperidine rings is 1. The Labute approximate surface area is 145 Å². The summed E-state index contributed by atoms with van der Waals surface area (Å²) in [5, 5.41) is 3.35. The summed E-state index contributed by atoms with van der Waals surface area (Å²) in [5.41, 5.74) is 1.91. The molecule has 0 radical (unpaired) electrons. The van der Waals surface area contributed by atoms with E-state index in [9.17, 15) is 4.79 Å². The fraction of sp³-hybridized carbons (Fsp3) is 0.632. The number of hydrogen-bond donors (Lipinski definition) is 1. The molecule has 0 unspecified atom stereocenters. The van der Waals surface area contributed by atoms with Gasteiger partial charge in [0.25, 0.3) is 0 Å². The predicted octanol–water partition coefficient (Wildman–Crippen LogP) is 3.60. The molecule has 1 aliphatic rings. The highest BCUT2D eigenvalue weighted by Gasteiger charge is 2.31. The molecule has 1 amide bonds. The number of ether oxygens (including phenoxy) is 2. The Kier molecular flexibility index (Phi) is 5.97. The molecule has 1 aliphatic heterocycles. The van der Waals surface area contributed by atoms with E-state index in [0.717, 1.165) is 24.1 Å². The number of benzene rings is 1. The van der Waals surface area contributed by atoms with Crippen LogP contribution in [-0.2, 0) is 4.79 Å². The van der Waals surface area contributed by atoms with Crippen LogP contribution in [0.3, 0.4) is 0 Å². The summed E-state index contributed by atoms with van der Waals surface area (Å²) in [6.45, 7) is 8.20. The number of nitrogens with one attached hydrogen (secondary N) is 1. The van der Waals surface area contributed by atoms with Crippen LogP contribution in [0.15, 0.2) is 12.1 Å². The van der Waals surface area contributed by atoms with E-state index in [0.29, 0.717) is 23.6 Å². The molecule has 0 saturated carbocycles. The maximum atomic E-state index is 12.9. The van der Waals surface area contributed by atoms with E-state index in [4.69, 9.17) is 9.47 Å². The highest BCUT2D eigenvalue weighted by Crippen LogP contribution is 2.33. The molecular weight excluding hydrogens is 304 g/mol. The topological polar surface area (TPSA) is 50.8 Å². The summed E-state index contributed by atoms with van der Waals surface area (Å²) >= 11 is 0. The maximum absolute atomic E-state index is 12.9. The second kappa shape index (κ2) is 7.77. The third-order valence-corrected chi connectivity index (χ3v) is 4.92. The van der Waals surface area contributed by atoms with Crippen molar-refractivity contribution in [3.8, 4) is 11.5 Å². The molecule has 1 aromatic rings. The van der Waals surface area contributed by atoms with Crippen LogP contribution in [0.4, 0.5) is 5.69 Å². The molecule has 2 rings (SSSR count). The second-order valence-electron chi connectivity index (χ2n) is 6.76. The zero-order valence-corrected chi connectivity index (χ0v) is 15.7. The highest BCUT2D eigenvalue weighted by atomic mass is 16.5. The van der Waals surface area contributed by atoms with Crippen LogP contribution in [0.5, 0.6) is 11.5 Å². The van der Waals surface area contributed by atoms with Crippen molar-refractivity contribution in [2.45, 2.75) is 65.1 Å². The molecule has 1 aromatic carbocycles. The zero-order chi connectivity index (χ0) is 17.9. The average molecular weight is 334 g/mol. The fourth-order valence-electron chi connectivity index (χ4n) is 3.51. The number of carbonyl (C=O) groups excluding carboxylic acids is 1. The van der Waals surface area contributed by atoms with Crippen LogP contribution in [0.2, 0.25) is 0 Å². The molecule has 0 aliphatic carbocycles. The Bertz CT molecular complexity index is 578. The van der Waals surface area contributed by atoms with Crippen molar-refractivity contribution in [2.24, 2.45) is 0 Å². The smallest absolute Gasteiger partial charge is 0.245 e. The monoisotopic (exact) mass is 334 g/mol. The van der Waals surface area contributed by atoms with Crippen LogP contribution in [-0.4, -0.2) is 43.2 Å². The van der Waals surface area contributed by atoms with Gasteiger partial charge in [-0.05, 0) is 58.6 Å². The van der Waals surface area contributed by atoms with Gasteiger partial charge >= 0.3 is 0 Å². The van der Waals surface area contributed by atoms with Crippen LogP contribution >= 0.6 is 0 Å². The number of aryl methyl sites for hydroxylation is 1. The van der Waals surface area contributed by atoms with Gasteiger partial charge in [0, 0.05) is 23.8 Å². The minimum absolute atomic E-state index is 0.156. The summed E-state index contributed by atoms with van der Waals surface area (Å²) in [7, 11) is 3.23. The Balaban J connectivity index is 2.16. The van der Waals surface area contributed by atoms with Gasteiger partial charge in [0.05, 0.1) is 14.2 Å². The molecule has 24 heavy (non-hydrogen) atoms. The van der Waals surface area contributed by atoms with E-state index in [1.807, 2.05) is 30.9 Å². The molecule has 134 valence electrons. The molecule has 1 saturated heterocycles. The molecule has 5 nitrogen and oxygen atoms in total. The van der Waals surface area contributed by atoms with Crippen molar-refractivity contribution < 1.29 is 14.3 Å². The lowest BCUT2D eigenvalue weighted by molar-refractivity contribution is -0.137. The fourth-order valence-corrected chi connectivity index (χ4v) is 3.51. The van der Waals surface area contributed by atoms with Gasteiger partial charge in [0.15, 0.2) is 11.5 Å². The van der Waals surface area contributed by atoms with E-state index in [-0.39, 0.29) is 11.9 Å². The van der Waals surface area contributed by atoms with Crippen molar-refractivity contribution in [3.63, 3.8) is 0 Å². The number of likely N-dealkylation sites (tertiary alicyclic amines) is 1. The van der Waals surface area contributed by atoms with E-state index in [1.54, 1.807) is 14.2 Å². The van der Waals surface area contributed by atoms with Crippen molar-refractivity contribution in [3.05, 3.63) is 17.7 Å². The molecule has 3 atom stereocenters. The predicted molar refractivity (Wildman–Crippen MR) is 97.0 cm³/mol. The van der Waals surface area contributed by atoms with Gasteiger partial charge in [0.1, 0.15) is 6.04 Å². The number of methoxy groups -OCH3 is 2. The zero-order valence-electron chi connectivity index (χ0n) is 15.7. The normalized spacial score (nSPS) is 22.0. The standard InChI is InChI=1S/C19H30N2O3/c1-12-10-17(23-5)18(24-6)11-16(12)20-15(4)19(22)21-13(2)8-7-9-14(21)3/h10-11,13-15,20H,7-9H2,1-6H3/t13-,14-,15-/m0/s1. The lowest BCUT2D eigenvalue weighted by Gasteiger charge is -2.40. The first-order valence-electron chi connectivity index (χ1n) is 8.70. The molecule has 1 fully saturated rings. The lowest BCUT2D eigenvalue weighted by Crippen LogP contribution is -2.52. The SMILES string of the molecule is COc1cc(C)c(N[C@@H](C)C(=O)N2[C@@H](C)CCC[C@@H]2C)cc1OC. The molecule has 1 N–H and O–H groups in total. The minimum Gasteiger partial charge on any atom is -0.493 e. The number of nitrogens with zero attached hydrogens (tertiary/aromatic N) is 1. The molecule has 0 bridgehead atoms. The summed E-state index contributed by atoms with van der Waals surface area (Å²) in [6.07, 6.45) is 3.36. The molecule has 1 heterocycles. The van der Waals surface area contributed by atoms with Crippen LogP contribution in [0.25, 0.3) is 0 Å². The summed E-state index contributed by atoms with van der Waals surface area (Å²) in [4.78, 5) is 15.0. The first-order valence-corrected chi connectivity index (χ1v) is 8.70. The van der Waals surface area contributed by atoms with Crippen molar-refractivity contribution in [1.82, 2.24) is 4.90 Å². The lowest BCUT2D eigenvalue weighted by atomic mass is 9.96. The van der Waals surface area contributed by atoms with Gasteiger partial charge in [-0.3, -0.25) is 4.79 Å². The minimum atomic E-state index is -0.287. The van der Waals surface area contributed by atoms with Crippen molar-refractivity contribution >= 4 is 11.6 Å². The number of rotatable bonds is 5. The number of carbonyl (C=O) groups is 1. The number of amides is 1. The summed E-state index contributed by atoms with van der Waals surface area (Å²) in [5.74, 6) is 1.51. The molecule has 0 spiro atoms. The first-order chi connectivity index (χ1) is 11.4. The Morgan fingerprint density at radius 3 is 2.25 bits per heavy atom. The quantitative estimate of drug-likeness (QED) is 0.894. The van der Waals surface area contributed by atoms with E-state index in [2.05, 4.69) is 19.2 Å². The first kappa shape index (κ1) is 18.4. The van der Waals surface area contributed by atoms with Crippen LogP contribution in [0.1, 0.15) is 45.6 Å². The Hall–Kier alpha value is -1.91. The van der Waals surface area contributed by atoms with Crippen molar-refractivity contribution in [1.29, 1.82) is 0 Å². The molecule has 0 aromatic heterocycles. The average Bonchev–Trinajstić information content (AvgIpc) is 2.55. The second-order valence-corrected chi connectivity index (χ2v) is 6.76. The van der Waals surface area contributed by atoms with Gasteiger partial charge in [-0.15, -0.1) is 0 Å². The third kappa shape index (κ3) is 3.77. The van der Waals surface area contributed by atoms with Crippen LogP contribution < -0.4 is 14.8 Å². The van der Waals surface area contributed by atoms with Crippen LogP contribution in [0, 0.1) is 6.92 Å². The van der Waals surface area contributed by atoms with E-state index < -0.39 is 0 Å². The van der Waals surface area contributed by atoms with Gasteiger partial charge < -0.3 is 19.7 Å².